The Kier molecular flexibility index (Phi) is 5.00. The average Bonchev–Trinajstić information content (AvgIpc) is 2.80. The highest BCUT2D eigenvalue weighted by Gasteiger charge is 2.23. The van der Waals surface area contributed by atoms with Gasteiger partial charge >= 0.3 is 0 Å². The Morgan fingerprint density at radius 3 is 2.79 bits per heavy atom. The monoisotopic (exact) mass is 261 g/mol. The molecule has 0 amide bonds. The lowest BCUT2D eigenvalue weighted by atomic mass is 10.0. The van der Waals surface area contributed by atoms with E-state index in [1.165, 1.54) is 30.4 Å². The van der Waals surface area contributed by atoms with Crippen LogP contribution in [0.1, 0.15) is 49.0 Å². The molecule has 1 fully saturated rings. The van der Waals surface area contributed by atoms with Gasteiger partial charge in [-0.2, -0.15) is 0 Å². The third kappa shape index (κ3) is 3.80. The van der Waals surface area contributed by atoms with Gasteiger partial charge in [-0.25, -0.2) is 0 Å². The van der Waals surface area contributed by atoms with E-state index in [0.29, 0.717) is 0 Å². The molecule has 0 saturated carbocycles. The van der Waals surface area contributed by atoms with E-state index in [4.69, 9.17) is 0 Å². The maximum absolute atomic E-state index is 10.4. The summed E-state index contributed by atoms with van der Waals surface area (Å²) in [6.07, 6.45) is 3.56. The molecule has 1 aliphatic rings. The molecule has 1 heterocycles. The second-order valence-electron chi connectivity index (χ2n) is 6.06. The van der Waals surface area contributed by atoms with E-state index in [9.17, 15) is 5.11 Å². The molecule has 1 saturated heterocycles. The van der Waals surface area contributed by atoms with E-state index < -0.39 is 0 Å². The van der Waals surface area contributed by atoms with Crippen molar-refractivity contribution in [3.63, 3.8) is 0 Å². The fraction of sp³-hybridized carbons (Fsp3) is 0.647. The van der Waals surface area contributed by atoms with Crippen LogP contribution in [-0.2, 0) is 0 Å². The summed E-state index contributed by atoms with van der Waals surface area (Å²) >= 11 is 0. The van der Waals surface area contributed by atoms with Crippen LogP contribution in [0.15, 0.2) is 18.2 Å². The topological polar surface area (TPSA) is 23.5 Å². The van der Waals surface area contributed by atoms with Crippen LogP contribution >= 0.6 is 0 Å². The van der Waals surface area contributed by atoms with Crippen LogP contribution in [0.25, 0.3) is 0 Å². The first-order valence-electron chi connectivity index (χ1n) is 7.57. The molecule has 1 N–H and O–H groups in total. The van der Waals surface area contributed by atoms with E-state index in [1.807, 2.05) is 0 Å². The van der Waals surface area contributed by atoms with Crippen LogP contribution in [0.3, 0.4) is 0 Å². The number of aliphatic hydroxyl groups is 1. The maximum atomic E-state index is 10.4. The molecule has 2 unspecified atom stereocenters. The largest absolute Gasteiger partial charge is 0.387 e. The molecule has 0 spiro atoms. The fourth-order valence-electron chi connectivity index (χ4n) is 3.04. The van der Waals surface area contributed by atoms with Gasteiger partial charge in [0.25, 0.3) is 0 Å². The quantitative estimate of drug-likeness (QED) is 0.877. The number of rotatable bonds is 5. The van der Waals surface area contributed by atoms with E-state index in [-0.39, 0.29) is 6.10 Å². The molecule has 0 radical (unpaired) electrons. The smallest absolute Gasteiger partial charge is 0.0917 e. The van der Waals surface area contributed by atoms with Gasteiger partial charge in [-0.3, -0.25) is 0 Å². The summed E-state index contributed by atoms with van der Waals surface area (Å²) in [5, 5.41) is 10.4. The van der Waals surface area contributed by atoms with Gasteiger partial charge in [0.2, 0.25) is 0 Å². The van der Waals surface area contributed by atoms with E-state index in [0.717, 1.165) is 31.1 Å². The zero-order valence-corrected chi connectivity index (χ0v) is 12.5. The molecule has 0 aliphatic carbocycles. The summed E-state index contributed by atoms with van der Waals surface area (Å²) in [5.41, 5.74) is 3.61. The van der Waals surface area contributed by atoms with Crippen LogP contribution < -0.4 is 0 Å². The molecule has 2 heteroatoms. The molecule has 19 heavy (non-hydrogen) atoms. The van der Waals surface area contributed by atoms with Crippen LogP contribution in [0.4, 0.5) is 0 Å². The predicted octanol–water partition coefficient (Wildman–Crippen LogP) is 3.46. The van der Waals surface area contributed by atoms with Crippen molar-refractivity contribution in [3.8, 4) is 0 Å². The summed E-state index contributed by atoms with van der Waals surface area (Å²) in [6.45, 7) is 9.57. The maximum Gasteiger partial charge on any atom is 0.0917 e. The van der Waals surface area contributed by atoms with Gasteiger partial charge in [0.05, 0.1) is 6.10 Å². The Morgan fingerprint density at radius 2 is 2.11 bits per heavy atom. The number of nitrogens with zero attached hydrogens (tertiary/aromatic N) is 1. The minimum Gasteiger partial charge on any atom is -0.387 e. The van der Waals surface area contributed by atoms with Gasteiger partial charge in [-0.15, -0.1) is 0 Å². The second kappa shape index (κ2) is 6.53. The minimum atomic E-state index is -0.348. The lowest BCUT2D eigenvalue weighted by Crippen LogP contribution is -2.26. The highest BCUT2D eigenvalue weighted by atomic mass is 16.3. The first-order valence-corrected chi connectivity index (χ1v) is 7.57. The summed E-state index contributed by atoms with van der Waals surface area (Å²) in [7, 11) is 0. The van der Waals surface area contributed by atoms with Gasteiger partial charge in [0.15, 0.2) is 0 Å². The Balaban J connectivity index is 1.90. The molecule has 0 bridgehead atoms. The molecule has 2 rings (SSSR count). The number of likely N-dealkylation sites (tertiary alicyclic amines) is 1. The highest BCUT2D eigenvalue weighted by Crippen LogP contribution is 2.24. The molecule has 1 aliphatic heterocycles. The summed E-state index contributed by atoms with van der Waals surface area (Å²) < 4.78 is 0. The summed E-state index contributed by atoms with van der Waals surface area (Å²) in [4.78, 5) is 2.42. The molecule has 0 aromatic heterocycles. The molecule has 1 aromatic rings. The first kappa shape index (κ1) is 14.5. The van der Waals surface area contributed by atoms with Gasteiger partial charge in [-0.05, 0) is 55.8 Å². The standard InChI is InChI=1S/C17H27NO/c1-4-5-15-8-9-18(11-15)12-17(19)16-7-6-13(2)14(3)10-16/h6-7,10,15,17,19H,4-5,8-9,11-12H2,1-3H3. The Bertz CT molecular complexity index is 416. The number of aryl methyl sites for hydroxylation is 2. The van der Waals surface area contributed by atoms with E-state index in [2.05, 4.69) is 43.9 Å². The molecule has 2 nitrogen and oxygen atoms in total. The average molecular weight is 261 g/mol. The predicted molar refractivity (Wildman–Crippen MR) is 80.3 cm³/mol. The number of hydrogen-bond donors (Lipinski definition) is 1. The minimum absolute atomic E-state index is 0.348. The Labute approximate surface area is 117 Å². The van der Waals surface area contributed by atoms with Gasteiger partial charge in [0.1, 0.15) is 0 Å². The van der Waals surface area contributed by atoms with Crippen LogP contribution in [0.5, 0.6) is 0 Å². The number of β-amino-alcohol motifs (C(OH)–C–C–N with tert-alkyl or cyclic N) is 1. The summed E-state index contributed by atoms with van der Waals surface area (Å²) in [5.74, 6) is 0.844. The van der Waals surface area contributed by atoms with Crippen LogP contribution in [-0.4, -0.2) is 29.6 Å². The molecular weight excluding hydrogens is 234 g/mol. The van der Waals surface area contributed by atoms with Crippen molar-refractivity contribution >= 4 is 0 Å². The number of hydrogen-bond acceptors (Lipinski definition) is 2. The lowest BCUT2D eigenvalue weighted by molar-refractivity contribution is 0.124. The number of aliphatic hydroxyl groups excluding tert-OH is 1. The molecule has 2 atom stereocenters. The lowest BCUT2D eigenvalue weighted by Gasteiger charge is -2.21. The van der Waals surface area contributed by atoms with Crippen molar-refractivity contribution in [2.24, 2.45) is 5.92 Å². The number of benzene rings is 1. The molecule has 1 aromatic carbocycles. The Morgan fingerprint density at radius 1 is 1.32 bits per heavy atom. The van der Waals surface area contributed by atoms with E-state index >= 15 is 0 Å². The summed E-state index contributed by atoms with van der Waals surface area (Å²) in [6, 6.07) is 6.30. The van der Waals surface area contributed by atoms with Crippen LogP contribution in [0, 0.1) is 19.8 Å². The van der Waals surface area contributed by atoms with E-state index in [1.54, 1.807) is 0 Å². The third-order valence-electron chi connectivity index (χ3n) is 4.41. The Hall–Kier alpha value is -0.860. The van der Waals surface area contributed by atoms with Crippen LogP contribution in [0.2, 0.25) is 0 Å². The normalized spacial score (nSPS) is 21.8. The SMILES string of the molecule is CCCC1CCN(CC(O)c2ccc(C)c(C)c2)C1. The van der Waals surface area contributed by atoms with Crippen molar-refractivity contribution in [1.82, 2.24) is 4.90 Å². The zero-order valence-electron chi connectivity index (χ0n) is 12.5. The molecule has 106 valence electrons. The fourth-order valence-corrected chi connectivity index (χ4v) is 3.04. The first-order chi connectivity index (χ1) is 9.10. The third-order valence-corrected chi connectivity index (χ3v) is 4.41. The second-order valence-corrected chi connectivity index (χ2v) is 6.06. The highest BCUT2D eigenvalue weighted by molar-refractivity contribution is 5.31. The van der Waals surface area contributed by atoms with Crippen molar-refractivity contribution in [2.45, 2.75) is 46.1 Å². The van der Waals surface area contributed by atoms with Crippen molar-refractivity contribution < 1.29 is 5.11 Å². The molecular formula is C17H27NO. The van der Waals surface area contributed by atoms with Crippen molar-refractivity contribution in [2.75, 3.05) is 19.6 Å². The van der Waals surface area contributed by atoms with Crippen molar-refractivity contribution in [1.29, 1.82) is 0 Å². The van der Waals surface area contributed by atoms with Gasteiger partial charge in [0, 0.05) is 13.1 Å². The zero-order chi connectivity index (χ0) is 13.8. The van der Waals surface area contributed by atoms with Gasteiger partial charge in [-0.1, -0.05) is 31.5 Å². The van der Waals surface area contributed by atoms with Gasteiger partial charge < -0.3 is 10.0 Å². The van der Waals surface area contributed by atoms with Crippen molar-refractivity contribution in [3.05, 3.63) is 34.9 Å².